The third kappa shape index (κ3) is 4.11. The van der Waals surface area contributed by atoms with E-state index in [9.17, 15) is 0 Å². The number of hydrogen-bond acceptors (Lipinski definition) is 1. The highest BCUT2D eigenvalue weighted by molar-refractivity contribution is 6.13. The van der Waals surface area contributed by atoms with Gasteiger partial charge in [0.1, 0.15) is 0 Å². The van der Waals surface area contributed by atoms with Gasteiger partial charge in [-0.2, -0.15) is 0 Å². The highest BCUT2D eigenvalue weighted by atomic mass is 15.0. The minimum Gasteiger partial charge on any atom is -0.287 e. The van der Waals surface area contributed by atoms with Crippen LogP contribution < -0.4 is 0 Å². The predicted molar refractivity (Wildman–Crippen MR) is 132 cm³/mol. The van der Waals surface area contributed by atoms with E-state index < -0.39 is 6.17 Å². The number of rotatable bonds is 5. The van der Waals surface area contributed by atoms with E-state index in [2.05, 4.69) is 71.6 Å². The molecule has 5 rings (SSSR count). The van der Waals surface area contributed by atoms with Gasteiger partial charge < -0.3 is 0 Å². The fraction of sp³-hybridized carbons (Fsp3) is 0.133. The van der Waals surface area contributed by atoms with Crippen LogP contribution in [0.2, 0.25) is 0 Å². The van der Waals surface area contributed by atoms with Gasteiger partial charge in [0.2, 0.25) is 0 Å². The van der Waals surface area contributed by atoms with Gasteiger partial charge in [0, 0.05) is 11.1 Å². The second-order valence-electron chi connectivity index (χ2n) is 8.17. The lowest BCUT2D eigenvalue weighted by molar-refractivity contribution is 0.804. The Kier molecular flexibility index (Phi) is 5.64. The first kappa shape index (κ1) is 20.0. The summed E-state index contributed by atoms with van der Waals surface area (Å²) in [6.07, 6.45) is 2.27. The van der Waals surface area contributed by atoms with Crippen molar-refractivity contribution in [2.75, 3.05) is 0 Å². The molecule has 0 aromatic heterocycles. The van der Waals surface area contributed by atoms with Gasteiger partial charge in [0.05, 0.1) is 12.1 Å². The number of aliphatic imine (C=N–C) groups is 1. The fourth-order valence-corrected chi connectivity index (χ4v) is 4.50. The van der Waals surface area contributed by atoms with Crippen LogP contribution in [0.3, 0.4) is 0 Å². The SMILES string of the molecule is [C-]#[N+]C(Cc1ccc2c(c1)CCc1ccccc1-2)N=C(c1ccccc1)c1ccccc1. The topological polar surface area (TPSA) is 16.7 Å². The summed E-state index contributed by atoms with van der Waals surface area (Å²) in [5.74, 6) is 0. The van der Waals surface area contributed by atoms with Crippen molar-refractivity contribution in [2.24, 2.45) is 4.99 Å². The summed E-state index contributed by atoms with van der Waals surface area (Å²) in [5, 5.41) is 0. The molecule has 1 aliphatic carbocycles. The summed E-state index contributed by atoms with van der Waals surface area (Å²) in [4.78, 5) is 8.83. The summed E-state index contributed by atoms with van der Waals surface area (Å²) in [6, 6.07) is 35.6. The highest BCUT2D eigenvalue weighted by Gasteiger charge is 2.19. The molecule has 0 aliphatic heterocycles. The van der Waals surface area contributed by atoms with Crippen molar-refractivity contribution in [3.8, 4) is 11.1 Å². The maximum atomic E-state index is 7.83. The van der Waals surface area contributed by atoms with E-state index in [-0.39, 0.29) is 0 Å². The minimum atomic E-state index is -0.459. The van der Waals surface area contributed by atoms with Crippen molar-refractivity contribution >= 4 is 5.71 Å². The first-order valence-corrected chi connectivity index (χ1v) is 11.1. The van der Waals surface area contributed by atoms with E-state index in [1.54, 1.807) is 0 Å². The second-order valence-corrected chi connectivity index (χ2v) is 8.17. The predicted octanol–water partition coefficient (Wildman–Crippen LogP) is 6.78. The molecule has 0 heterocycles. The summed E-state index contributed by atoms with van der Waals surface area (Å²) in [7, 11) is 0. The molecule has 0 radical (unpaired) electrons. The number of nitrogens with zero attached hydrogens (tertiary/aromatic N) is 2. The normalized spacial score (nSPS) is 12.7. The van der Waals surface area contributed by atoms with E-state index in [1.165, 1.54) is 27.8 Å². The standard InChI is InChI=1S/C30H24N2/c1-31-29(32-30(24-11-4-2-5-12-24)25-13-6-3-7-14-25)21-22-16-19-28-26(20-22)18-17-23-10-8-9-15-27(23)28/h2-16,19-20,29H,17-18,21H2. The van der Waals surface area contributed by atoms with Crippen LogP contribution in [0.25, 0.3) is 16.0 Å². The average Bonchev–Trinajstić information content (AvgIpc) is 2.87. The van der Waals surface area contributed by atoms with Crippen molar-refractivity contribution in [1.29, 1.82) is 0 Å². The second kappa shape index (κ2) is 9.04. The van der Waals surface area contributed by atoms with Gasteiger partial charge in [-0.15, -0.1) is 0 Å². The van der Waals surface area contributed by atoms with Gasteiger partial charge in [-0.05, 0) is 40.7 Å². The summed E-state index contributed by atoms with van der Waals surface area (Å²) >= 11 is 0. The van der Waals surface area contributed by atoms with Gasteiger partial charge in [-0.25, -0.2) is 11.6 Å². The van der Waals surface area contributed by atoms with Gasteiger partial charge in [0.25, 0.3) is 0 Å². The maximum Gasteiger partial charge on any atom is 0.319 e. The van der Waals surface area contributed by atoms with Gasteiger partial charge >= 0.3 is 6.17 Å². The Morgan fingerprint density at radius 3 is 2.00 bits per heavy atom. The lowest BCUT2D eigenvalue weighted by atomic mass is 9.84. The number of fused-ring (bicyclic) bond motifs is 3. The molecule has 1 aliphatic rings. The van der Waals surface area contributed by atoms with Crippen LogP contribution in [0.5, 0.6) is 0 Å². The van der Waals surface area contributed by atoms with E-state index in [0.717, 1.165) is 29.7 Å². The summed E-state index contributed by atoms with van der Waals surface area (Å²) in [5.41, 5.74) is 9.59. The molecule has 0 saturated carbocycles. The fourth-order valence-electron chi connectivity index (χ4n) is 4.50. The molecule has 2 nitrogen and oxygen atoms in total. The molecule has 0 spiro atoms. The summed E-state index contributed by atoms with van der Waals surface area (Å²) < 4.78 is 0. The zero-order valence-corrected chi connectivity index (χ0v) is 17.9. The first-order valence-electron chi connectivity index (χ1n) is 11.1. The third-order valence-electron chi connectivity index (χ3n) is 6.08. The van der Waals surface area contributed by atoms with Crippen molar-refractivity contribution in [3.63, 3.8) is 0 Å². The van der Waals surface area contributed by atoms with Crippen LogP contribution in [0.15, 0.2) is 108 Å². The van der Waals surface area contributed by atoms with Crippen LogP contribution in [-0.2, 0) is 19.3 Å². The average molecular weight is 413 g/mol. The zero-order chi connectivity index (χ0) is 21.8. The van der Waals surface area contributed by atoms with E-state index in [0.29, 0.717) is 6.42 Å². The molecule has 0 amide bonds. The molecule has 4 aromatic rings. The number of benzene rings is 4. The smallest absolute Gasteiger partial charge is 0.287 e. The van der Waals surface area contributed by atoms with Crippen LogP contribution in [-0.4, -0.2) is 11.9 Å². The number of aryl methyl sites for hydroxylation is 2. The Morgan fingerprint density at radius 2 is 1.31 bits per heavy atom. The molecule has 0 fully saturated rings. The molecule has 0 saturated heterocycles. The van der Waals surface area contributed by atoms with Crippen molar-refractivity contribution in [2.45, 2.75) is 25.4 Å². The molecule has 1 unspecified atom stereocenters. The Bertz CT molecular complexity index is 1260. The molecule has 32 heavy (non-hydrogen) atoms. The summed E-state index contributed by atoms with van der Waals surface area (Å²) in [6.45, 7) is 7.83. The molecule has 0 N–H and O–H groups in total. The molecule has 1 atom stereocenters. The Balaban J connectivity index is 1.47. The van der Waals surface area contributed by atoms with Crippen molar-refractivity contribution in [1.82, 2.24) is 0 Å². The van der Waals surface area contributed by atoms with Gasteiger partial charge in [0.15, 0.2) is 0 Å². The van der Waals surface area contributed by atoms with Crippen LogP contribution in [0.4, 0.5) is 0 Å². The Labute approximate surface area is 189 Å². The number of hydrogen-bond donors (Lipinski definition) is 0. The maximum absolute atomic E-state index is 7.83. The van der Waals surface area contributed by atoms with Gasteiger partial charge in [-0.1, -0.05) is 103 Å². The van der Waals surface area contributed by atoms with Crippen molar-refractivity contribution in [3.05, 3.63) is 142 Å². The molecule has 154 valence electrons. The van der Waals surface area contributed by atoms with E-state index >= 15 is 0 Å². The highest BCUT2D eigenvalue weighted by Crippen LogP contribution is 2.34. The molecule has 2 heteroatoms. The van der Waals surface area contributed by atoms with E-state index in [4.69, 9.17) is 11.6 Å². The zero-order valence-electron chi connectivity index (χ0n) is 17.9. The third-order valence-corrected chi connectivity index (χ3v) is 6.08. The van der Waals surface area contributed by atoms with Crippen LogP contribution in [0, 0.1) is 6.57 Å². The Morgan fingerprint density at radius 1 is 0.719 bits per heavy atom. The van der Waals surface area contributed by atoms with Crippen LogP contribution >= 0.6 is 0 Å². The quantitative estimate of drug-likeness (QED) is 0.254. The largest absolute Gasteiger partial charge is 0.319 e. The van der Waals surface area contributed by atoms with Crippen molar-refractivity contribution < 1.29 is 0 Å². The Hall–Kier alpha value is -3.96. The lowest BCUT2D eigenvalue weighted by Gasteiger charge is -2.20. The van der Waals surface area contributed by atoms with E-state index in [1.807, 2.05) is 36.4 Å². The van der Waals surface area contributed by atoms with Crippen LogP contribution in [0.1, 0.15) is 27.8 Å². The molecule has 0 bridgehead atoms. The first-order chi connectivity index (χ1) is 15.8. The molecular weight excluding hydrogens is 388 g/mol. The lowest BCUT2D eigenvalue weighted by Crippen LogP contribution is -2.12. The molecular formula is C30H24N2. The monoisotopic (exact) mass is 412 g/mol. The minimum absolute atomic E-state index is 0.459. The molecule has 4 aromatic carbocycles. The van der Waals surface area contributed by atoms with Gasteiger partial charge in [-0.3, -0.25) is 4.85 Å².